The van der Waals surface area contributed by atoms with Crippen LogP contribution in [0.3, 0.4) is 0 Å². The molecule has 0 saturated heterocycles. The van der Waals surface area contributed by atoms with Gasteiger partial charge in [-0.05, 0) is 5.92 Å². The Labute approximate surface area is 72.8 Å². The van der Waals surface area contributed by atoms with Crippen LogP contribution in [0.25, 0.3) is 0 Å². The van der Waals surface area contributed by atoms with Gasteiger partial charge in [0, 0.05) is 6.26 Å². The van der Waals surface area contributed by atoms with Crippen LogP contribution in [0.2, 0.25) is 0 Å². The summed E-state index contributed by atoms with van der Waals surface area (Å²) >= 11 is 0. The summed E-state index contributed by atoms with van der Waals surface area (Å²) in [4.78, 5) is 11.0. The second-order valence-electron chi connectivity index (χ2n) is 3.02. The number of hydrogen-bond donors (Lipinski definition) is 0. The molecule has 0 N–H and O–H groups in total. The molecule has 0 aliphatic rings. The van der Waals surface area contributed by atoms with Gasteiger partial charge in [0.15, 0.2) is 15.1 Å². The zero-order valence-electron chi connectivity index (χ0n) is 7.70. The molecule has 0 saturated carbocycles. The molecule has 0 amide bonds. The van der Waals surface area contributed by atoms with Crippen LogP contribution in [0.15, 0.2) is 0 Å². The van der Waals surface area contributed by atoms with Gasteiger partial charge in [0.25, 0.3) is 0 Å². The van der Waals surface area contributed by atoms with Gasteiger partial charge in [-0.2, -0.15) is 0 Å². The monoisotopic (exact) mass is 194 g/mol. The molecule has 4 nitrogen and oxygen atoms in total. The van der Waals surface area contributed by atoms with Gasteiger partial charge in [0.1, 0.15) is 0 Å². The lowest BCUT2D eigenvalue weighted by atomic mass is 10.1. The van der Waals surface area contributed by atoms with E-state index in [2.05, 4.69) is 4.74 Å². The zero-order chi connectivity index (χ0) is 9.94. The van der Waals surface area contributed by atoms with Crippen LogP contribution < -0.4 is 0 Å². The maximum Gasteiger partial charge on any atom is 0.324 e. The first-order chi connectivity index (χ1) is 5.30. The van der Waals surface area contributed by atoms with E-state index in [-0.39, 0.29) is 5.92 Å². The lowest BCUT2D eigenvalue weighted by Gasteiger charge is -2.15. The van der Waals surface area contributed by atoms with Crippen molar-refractivity contribution in [3.05, 3.63) is 0 Å². The van der Waals surface area contributed by atoms with Crippen LogP contribution in [0.5, 0.6) is 0 Å². The Bertz CT molecular complexity index is 253. The summed E-state index contributed by atoms with van der Waals surface area (Å²) in [6, 6.07) is 0. The summed E-state index contributed by atoms with van der Waals surface area (Å²) in [5, 5.41) is -1.04. The maximum absolute atomic E-state index is 11.1. The Morgan fingerprint density at radius 1 is 1.33 bits per heavy atom. The molecule has 0 aromatic carbocycles. The van der Waals surface area contributed by atoms with Gasteiger partial charge in [0.2, 0.25) is 0 Å². The molecular weight excluding hydrogens is 180 g/mol. The minimum Gasteiger partial charge on any atom is -0.468 e. The van der Waals surface area contributed by atoms with Crippen molar-refractivity contribution in [3.63, 3.8) is 0 Å². The van der Waals surface area contributed by atoms with Crippen molar-refractivity contribution in [3.8, 4) is 0 Å². The van der Waals surface area contributed by atoms with Gasteiger partial charge >= 0.3 is 5.97 Å². The molecule has 0 bridgehead atoms. The maximum atomic E-state index is 11.1. The number of carbonyl (C=O) groups excluding carboxylic acids is 1. The van der Waals surface area contributed by atoms with E-state index in [4.69, 9.17) is 0 Å². The molecular formula is C7H14O4S. The third-order valence-electron chi connectivity index (χ3n) is 1.50. The normalized spacial score (nSPS) is 14.4. The number of esters is 1. The first-order valence-electron chi connectivity index (χ1n) is 3.57. The van der Waals surface area contributed by atoms with Gasteiger partial charge in [0.05, 0.1) is 7.11 Å². The number of rotatable bonds is 3. The van der Waals surface area contributed by atoms with Crippen LogP contribution in [-0.2, 0) is 19.4 Å². The first kappa shape index (κ1) is 11.4. The third-order valence-corrected chi connectivity index (χ3v) is 3.16. The van der Waals surface area contributed by atoms with Crippen molar-refractivity contribution in [1.29, 1.82) is 0 Å². The molecule has 0 aliphatic heterocycles. The number of carbonyl (C=O) groups is 1. The first-order valence-corrected chi connectivity index (χ1v) is 5.53. The third kappa shape index (κ3) is 2.81. The zero-order valence-corrected chi connectivity index (χ0v) is 8.51. The molecule has 0 heterocycles. The predicted octanol–water partition coefficient (Wildman–Crippen LogP) is 0.229. The van der Waals surface area contributed by atoms with Crippen molar-refractivity contribution >= 4 is 15.8 Å². The van der Waals surface area contributed by atoms with Crippen LogP contribution in [0.4, 0.5) is 0 Å². The Kier molecular flexibility index (Phi) is 3.70. The largest absolute Gasteiger partial charge is 0.468 e. The molecule has 0 aliphatic carbocycles. The van der Waals surface area contributed by atoms with Crippen molar-refractivity contribution in [1.82, 2.24) is 0 Å². The Hall–Kier alpha value is -0.580. The van der Waals surface area contributed by atoms with E-state index in [9.17, 15) is 13.2 Å². The van der Waals surface area contributed by atoms with Crippen molar-refractivity contribution in [2.45, 2.75) is 19.1 Å². The topological polar surface area (TPSA) is 60.4 Å². The lowest BCUT2D eigenvalue weighted by molar-refractivity contribution is -0.140. The fourth-order valence-corrected chi connectivity index (χ4v) is 2.49. The second-order valence-corrected chi connectivity index (χ2v) is 5.18. The van der Waals surface area contributed by atoms with E-state index < -0.39 is 21.1 Å². The molecule has 0 spiro atoms. The van der Waals surface area contributed by atoms with Crippen molar-refractivity contribution in [2.24, 2.45) is 5.92 Å². The van der Waals surface area contributed by atoms with E-state index in [1.54, 1.807) is 13.8 Å². The predicted molar refractivity (Wildman–Crippen MR) is 45.5 cm³/mol. The van der Waals surface area contributed by atoms with E-state index in [0.717, 1.165) is 6.26 Å². The smallest absolute Gasteiger partial charge is 0.324 e. The Morgan fingerprint density at radius 2 is 1.75 bits per heavy atom. The number of ether oxygens (including phenoxy) is 1. The summed E-state index contributed by atoms with van der Waals surface area (Å²) in [5.74, 6) is -0.944. The molecule has 1 atom stereocenters. The van der Waals surface area contributed by atoms with Crippen LogP contribution >= 0.6 is 0 Å². The lowest BCUT2D eigenvalue weighted by Crippen LogP contribution is -2.35. The Morgan fingerprint density at radius 3 is 1.83 bits per heavy atom. The Balaban J connectivity index is 4.82. The van der Waals surface area contributed by atoms with Crippen LogP contribution in [0.1, 0.15) is 13.8 Å². The van der Waals surface area contributed by atoms with Gasteiger partial charge in [-0.15, -0.1) is 0 Å². The van der Waals surface area contributed by atoms with E-state index in [0.29, 0.717) is 0 Å². The van der Waals surface area contributed by atoms with Crippen molar-refractivity contribution < 1.29 is 17.9 Å². The average molecular weight is 194 g/mol. The average Bonchev–Trinajstić information content (AvgIpc) is 1.83. The minimum absolute atomic E-state index is 0.257. The van der Waals surface area contributed by atoms with Crippen LogP contribution in [0, 0.1) is 5.92 Å². The standard InChI is InChI=1S/C7H14O4S/c1-5(2)6(7(8)11-3)12(4,9)10/h5-6H,1-4H3. The van der Waals surface area contributed by atoms with E-state index in [1.165, 1.54) is 7.11 Å². The summed E-state index contributed by atoms with van der Waals surface area (Å²) < 4.78 is 26.5. The SMILES string of the molecule is COC(=O)C(C(C)C)S(C)(=O)=O. The molecule has 5 heteroatoms. The molecule has 1 unspecified atom stereocenters. The molecule has 72 valence electrons. The summed E-state index contributed by atoms with van der Waals surface area (Å²) in [6.07, 6.45) is 1.04. The van der Waals surface area contributed by atoms with E-state index >= 15 is 0 Å². The number of sulfone groups is 1. The minimum atomic E-state index is -3.35. The second kappa shape index (κ2) is 3.89. The highest BCUT2D eigenvalue weighted by atomic mass is 32.2. The molecule has 12 heavy (non-hydrogen) atoms. The highest BCUT2D eigenvalue weighted by Crippen LogP contribution is 2.12. The molecule has 0 fully saturated rings. The van der Waals surface area contributed by atoms with Crippen LogP contribution in [-0.4, -0.2) is 33.0 Å². The highest BCUT2D eigenvalue weighted by molar-refractivity contribution is 7.92. The van der Waals surface area contributed by atoms with Gasteiger partial charge in [-0.1, -0.05) is 13.8 Å². The van der Waals surface area contributed by atoms with E-state index in [1.807, 2.05) is 0 Å². The molecule has 0 rings (SSSR count). The quantitative estimate of drug-likeness (QED) is 0.603. The summed E-state index contributed by atoms with van der Waals surface area (Å²) in [7, 11) is -2.17. The van der Waals surface area contributed by atoms with Gasteiger partial charge in [-0.25, -0.2) is 8.42 Å². The fourth-order valence-electron chi connectivity index (χ4n) is 1.06. The fraction of sp³-hybridized carbons (Fsp3) is 0.857. The van der Waals surface area contributed by atoms with Crippen molar-refractivity contribution in [2.75, 3.05) is 13.4 Å². The summed E-state index contributed by atoms with van der Waals surface area (Å²) in [6.45, 7) is 3.34. The molecule has 0 aromatic rings. The summed E-state index contributed by atoms with van der Waals surface area (Å²) in [5.41, 5.74) is 0. The van der Waals surface area contributed by atoms with Gasteiger partial charge < -0.3 is 4.74 Å². The molecule has 0 radical (unpaired) electrons. The number of hydrogen-bond acceptors (Lipinski definition) is 4. The number of methoxy groups -OCH3 is 1. The molecule has 0 aromatic heterocycles. The van der Waals surface area contributed by atoms with Gasteiger partial charge in [-0.3, -0.25) is 4.79 Å². The highest BCUT2D eigenvalue weighted by Gasteiger charge is 2.32.